The number of benzene rings is 2. The molecule has 1 aliphatic carbocycles. The minimum Gasteiger partial charge on any atom is -0.335 e. The molecule has 1 aromatic heterocycles. The summed E-state index contributed by atoms with van der Waals surface area (Å²) in [5.74, 6) is -0.402. The molecule has 2 aromatic carbocycles. The van der Waals surface area contributed by atoms with Gasteiger partial charge in [-0.2, -0.15) is 0 Å². The summed E-state index contributed by atoms with van der Waals surface area (Å²) in [5.41, 5.74) is 0.655. The van der Waals surface area contributed by atoms with Crippen molar-refractivity contribution in [1.29, 1.82) is 0 Å². The van der Waals surface area contributed by atoms with Crippen LogP contribution in [0.1, 0.15) is 19.8 Å². The molecule has 31 heavy (non-hydrogen) atoms. The Kier molecular flexibility index (Phi) is 5.57. The van der Waals surface area contributed by atoms with Crippen LogP contribution in [0, 0.1) is 0 Å². The number of rotatable bonds is 6. The topological polar surface area (TPSA) is 114 Å². The first-order valence-corrected chi connectivity index (χ1v) is 10.2. The van der Waals surface area contributed by atoms with E-state index in [4.69, 9.17) is 0 Å². The highest BCUT2D eigenvalue weighted by Crippen LogP contribution is 2.19. The number of carbonyl (C=O) groups excluding carboxylic acids is 2. The molecule has 1 saturated carbocycles. The van der Waals surface area contributed by atoms with Crippen LogP contribution in [-0.4, -0.2) is 27.1 Å². The van der Waals surface area contributed by atoms with E-state index in [1.165, 1.54) is 4.57 Å². The molecule has 3 aromatic rings. The fourth-order valence-electron chi connectivity index (χ4n) is 3.36. The number of hydrogen-bond donors (Lipinski definition) is 3. The first-order chi connectivity index (χ1) is 15.0. The summed E-state index contributed by atoms with van der Waals surface area (Å²) < 4.78 is 2.41. The molecular weight excluding hydrogens is 398 g/mol. The smallest absolute Gasteiger partial charge is 0.331 e. The third-order valence-electron chi connectivity index (χ3n) is 5.09. The zero-order chi connectivity index (χ0) is 22.0. The zero-order valence-corrected chi connectivity index (χ0v) is 17.1. The monoisotopic (exact) mass is 421 g/mol. The number of fused-ring (bicyclic) bond motifs is 1. The van der Waals surface area contributed by atoms with Crippen LogP contribution in [0.25, 0.3) is 10.9 Å². The molecule has 4 rings (SSSR count). The molecule has 0 bridgehead atoms. The number of amides is 3. The zero-order valence-electron chi connectivity index (χ0n) is 17.1. The average molecular weight is 421 g/mol. The second-order valence-corrected chi connectivity index (χ2v) is 7.43. The van der Waals surface area contributed by atoms with Crippen molar-refractivity contribution in [2.75, 3.05) is 10.6 Å². The molecule has 9 heteroatoms. The molecule has 1 fully saturated rings. The predicted octanol–water partition coefficient (Wildman–Crippen LogP) is 2.11. The lowest BCUT2D eigenvalue weighted by Gasteiger charge is -2.13. The van der Waals surface area contributed by atoms with E-state index in [1.54, 1.807) is 55.5 Å². The largest absolute Gasteiger partial charge is 0.335 e. The highest BCUT2D eigenvalue weighted by atomic mass is 16.2. The van der Waals surface area contributed by atoms with Gasteiger partial charge in [0.05, 0.1) is 10.9 Å². The minimum atomic E-state index is -0.525. The maximum Gasteiger partial charge on any atom is 0.331 e. The van der Waals surface area contributed by atoms with Gasteiger partial charge < -0.3 is 16.0 Å². The van der Waals surface area contributed by atoms with E-state index in [0.717, 1.165) is 17.4 Å². The standard InChI is InChI=1S/C22H23N5O4/c1-2-26-20(29)17-5-3-4-6-18(17)27(22(26)31)13-19(28)23-14-7-9-15(10-8-14)24-21(30)25-16-11-12-16/h3-10,16H,2,11-13H2,1H3,(H,23,28)(H2,24,25,30). The van der Waals surface area contributed by atoms with Crippen molar-refractivity contribution in [2.24, 2.45) is 0 Å². The number of nitrogens with zero attached hydrogens (tertiary/aromatic N) is 2. The average Bonchev–Trinajstić information content (AvgIpc) is 3.57. The van der Waals surface area contributed by atoms with E-state index in [1.807, 2.05) is 0 Å². The van der Waals surface area contributed by atoms with Gasteiger partial charge in [-0.05, 0) is 56.2 Å². The molecule has 0 spiro atoms. The van der Waals surface area contributed by atoms with Crippen LogP contribution in [0.2, 0.25) is 0 Å². The molecule has 1 heterocycles. The number of anilines is 2. The summed E-state index contributed by atoms with van der Waals surface area (Å²) in [6.07, 6.45) is 2.01. The molecule has 0 aliphatic heterocycles. The normalized spacial score (nSPS) is 13.1. The van der Waals surface area contributed by atoms with Crippen LogP contribution in [0.5, 0.6) is 0 Å². The Labute approximate surface area is 177 Å². The molecule has 0 atom stereocenters. The maximum atomic E-state index is 12.8. The summed E-state index contributed by atoms with van der Waals surface area (Å²) in [4.78, 5) is 49.7. The van der Waals surface area contributed by atoms with Crippen LogP contribution in [0.3, 0.4) is 0 Å². The van der Waals surface area contributed by atoms with E-state index < -0.39 is 11.6 Å². The SMILES string of the molecule is CCn1c(=O)c2ccccc2n(CC(=O)Nc2ccc(NC(=O)NC3CC3)cc2)c1=O. The second-order valence-electron chi connectivity index (χ2n) is 7.43. The molecule has 0 unspecified atom stereocenters. The molecule has 160 valence electrons. The van der Waals surface area contributed by atoms with Crippen LogP contribution >= 0.6 is 0 Å². The van der Waals surface area contributed by atoms with Gasteiger partial charge >= 0.3 is 11.7 Å². The highest BCUT2D eigenvalue weighted by Gasteiger charge is 2.23. The lowest BCUT2D eigenvalue weighted by molar-refractivity contribution is -0.116. The third kappa shape index (κ3) is 4.50. The molecule has 1 aliphatic rings. The number of urea groups is 1. The number of aromatic nitrogens is 2. The van der Waals surface area contributed by atoms with Crippen molar-refractivity contribution < 1.29 is 9.59 Å². The van der Waals surface area contributed by atoms with Crippen molar-refractivity contribution in [3.05, 3.63) is 69.4 Å². The van der Waals surface area contributed by atoms with Crippen molar-refractivity contribution in [3.8, 4) is 0 Å². The van der Waals surface area contributed by atoms with E-state index >= 15 is 0 Å². The first kappa shape index (κ1) is 20.4. The van der Waals surface area contributed by atoms with Crippen LogP contribution < -0.4 is 27.2 Å². The Morgan fingerprint density at radius 3 is 2.23 bits per heavy atom. The van der Waals surface area contributed by atoms with Crippen molar-refractivity contribution in [2.45, 2.75) is 38.9 Å². The van der Waals surface area contributed by atoms with Gasteiger partial charge in [0.2, 0.25) is 5.91 Å². The third-order valence-corrected chi connectivity index (χ3v) is 5.09. The van der Waals surface area contributed by atoms with Gasteiger partial charge in [0.25, 0.3) is 5.56 Å². The second kappa shape index (κ2) is 8.47. The van der Waals surface area contributed by atoms with Gasteiger partial charge in [-0.3, -0.25) is 18.7 Å². The molecule has 3 amide bonds. The molecule has 0 radical (unpaired) electrons. The lowest BCUT2D eigenvalue weighted by atomic mass is 10.2. The number of hydrogen-bond acceptors (Lipinski definition) is 4. The van der Waals surface area contributed by atoms with E-state index in [9.17, 15) is 19.2 Å². The van der Waals surface area contributed by atoms with E-state index in [2.05, 4.69) is 16.0 Å². The van der Waals surface area contributed by atoms with Crippen molar-refractivity contribution >= 4 is 34.2 Å². The summed E-state index contributed by atoms with van der Waals surface area (Å²) in [7, 11) is 0. The Hall–Kier alpha value is -3.88. The maximum absolute atomic E-state index is 12.8. The van der Waals surface area contributed by atoms with Gasteiger partial charge in [-0.1, -0.05) is 12.1 Å². The van der Waals surface area contributed by atoms with Gasteiger partial charge in [0, 0.05) is 24.0 Å². The Morgan fingerprint density at radius 1 is 0.935 bits per heavy atom. The van der Waals surface area contributed by atoms with Gasteiger partial charge in [0.1, 0.15) is 6.54 Å². The summed E-state index contributed by atoms with van der Waals surface area (Å²) in [6, 6.07) is 13.4. The number of carbonyl (C=O) groups is 2. The number of nitrogens with one attached hydrogen (secondary N) is 3. The highest BCUT2D eigenvalue weighted by molar-refractivity contribution is 5.93. The van der Waals surface area contributed by atoms with E-state index in [0.29, 0.717) is 22.3 Å². The van der Waals surface area contributed by atoms with Crippen LogP contribution in [0.15, 0.2) is 58.1 Å². The summed E-state index contributed by atoms with van der Waals surface area (Å²) in [5, 5.41) is 8.70. The quantitative estimate of drug-likeness (QED) is 0.565. The van der Waals surface area contributed by atoms with Gasteiger partial charge in [-0.15, -0.1) is 0 Å². The van der Waals surface area contributed by atoms with Gasteiger partial charge in [-0.25, -0.2) is 9.59 Å². The molecule has 3 N–H and O–H groups in total. The lowest BCUT2D eigenvalue weighted by Crippen LogP contribution is -2.41. The Bertz CT molecular complexity index is 1260. The van der Waals surface area contributed by atoms with Crippen LogP contribution in [-0.2, 0) is 17.9 Å². The minimum absolute atomic E-state index is 0.215. The summed E-state index contributed by atoms with van der Waals surface area (Å²) in [6.45, 7) is 1.69. The Morgan fingerprint density at radius 2 is 1.58 bits per heavy atom. The first-order valence-electron chi connectivity index (χ1n) is 10.2. The van der Waals surface area contributed by atoms with Crippen molar-refractivity contribution in [3.63, 3.8) is 0 Å². The van der Waals surface area contributed by atoms with Gasteiger partial charge in [0.15, 0.2) is 0 Å². The fraction of sp³-hybridized carbons (Fsp3) is 0.273. The molecular formula is C22H23N5O4. The predicted molar refractivity (Wildman–Crippen MR) is 118 cm³/mol. The molecule has 0 saturated heterocycles. The molecule has 9 nitrogen and oxygen atoms in total. The summed E-state index contributed by atoms with van der Waals surface area (Å²) >= 11 is 0. The number of para-hydroxylation sites is 1. The fourth-order valence-corrected chi connectivity index (χ4v) is 3.36. The Balaban J connectivity index is 1.49. The van der Waals surface area contributed by atoms with Crippen molar-refractivity contribution in [1.82, 2.24) is 14.5 Å². The van der Waals surface area contributed by atoms with E-state index in [-0.39, 0.29) is 30.7 Å². The van der Waals surface area contributed by atoms with Crippen LogP contribution in [0.4, 0.5) is 16.2 Å².